The van der Waals surface area contributed by atoms with Gasteiger partial charge in [0.2, 0.25) is 5.95 Å². The van der Waals surface area contributed by atoms with Crippen LogP contribution in [0.2, 0.25) is 0 Å². The molecule has 0 unspecified atom stereocenters. The van der Waals surface area contributed by atoms with Gasteiger partial charge < -0.3 is 8.98 Å². The van der Waals surface area contributed by atoms with Gasteiger partial charge in [0.25, 0.3) is 0 Å². The molecule has 0 saturated heterocycles. The molecule has 1 aliphatic rings. The summed E-state index contributed by atoms with van der Waals surface area (Å²) >= 11 is 0. The van der Waals surface area contributed by atoms with Crippen LogP contribution in [0.15, 0.2) is 247 Å². The molecule has 16 aromatic rings. The molecule has 5 nitrogen and oxygen atoms in total. The zero-order chi connectivity index (χ0) is 48.2. The van der Waals surface area contributed by atoms with Crippen molar-refractivity contribution in [3.05, 3.63) is 265 Å². The average Bonchev–Trinajstić information content (AvgIpc) is 4.33. The van der Waals surface area contributed by atoms with Crippen LogP contribution in [-0.2, 0) is 5.41 Å². The average molecular weight is 941 g/mol. The fraction of sp³-hybridized carbons (Fsp3) is 0.0145. The predicted octanol–water partition coefficient (Wildman–Crippen LogP) is 17.5. The number of hydrogen-bond acceptors (Lipinski definition) is 3. The number of rotatable bonds is 5. The van der Waals surface area contributed by atoms with Crippen molar-refractivity contribution in [1.29, 1.82) is 0 Å². The maximum atomic E-state index is 7.34. The minimum atomic E-state index is -0.696. The molecule has 5 heteroatoms. The van der Waals surface area contributed by atoms with Crippen LogP contribution in [0.1, 0.15) is 22.3 Å². The van der Waals surface area contributed by atoms with Gasteiger partial charge in [0.1, 0.15) is 16.8 Å². The van der Waals surface area contributed by atoms with Crippen LogP contribution >= 0.6 is 0 Å². The van der Waals surface area contributed by atoms with E-state index in [1.807, 2.05) is 0 Å². The highest BCUT2D eigenvalue weighted by Gasteiger charge is 2.47. The minimum Gasteiger partial charge on any atom is -0.451 e. The molecule has 74 heavy (non-hydrogen) atoms. The second-order valence-electron chi connectivity index (χ2n) is 19.9. The minimum absolute atomic E-state index is 0.583. The number of hydrogen-bond donors (Lipinski definition) is 0. The van der Waals surface area contributed by atoms with Crippen molar-refractivity contribution in [1.82, 2.24) is 19.1 Å². The Morgan fingerprint density at radius 1 is 0.365 bits per heavy atom. The lowest BCUT2D eigenvalue weighted by Gasteiger charge is -2.35. The predicted molar refractivity (Wildman–Crippen MR) is 305 cm³/mol. The molecule has 4 aromatic heterocycles. The van der Waals surface area contributed by atoms with E-state index < -0.39 is 5.41 Å². The summed E-state index contributed by atoms with van der Waals surface area (Å²) < 4.78 is 12.1. The fourth-order valence-electron chi connectivity index (χ4n) is 13.4. The number of aromatic nitrogens is 4. The highest BCUT2D eigenvalue weighted by Crippen LogP contribution is 2.59. The zero-order valence-electron chi connectivity index (χ0n) is 39.8. The van der Waals surface area contributed by atoms with Crippen molar-refractivity contribution in [3.8, 4) is 22.9 Å². The first kappa shape index (κ1) is 39.8. The largest absolute Gasteiger partial charge is 0.451 e. The molecule has 0 fully saturated rings. The second kappa shape index (κ2) is 14.6. The third kappa shape index (κ3) is 5.07. The van der Waals surface area contributed by atoms with E-state index in [0.717, 1.165) is 93.2 Å². The maximum absolute atomic E-state index is 7.34. The molecule has 1 aliphatic carbocycles. The van der Waals surface area contributed by atoms with Crippen LogP contribution in [-0.4, -0.2) is 19.1 Å². The monoisotopic (exact) mass is 940 g/mol. The van der Waals surface area contributed by atoms with Gasteiger partial charge in [-0.05, 0) is 96.9 Å². The second-order valence-corrected chi connectivity index (χ2v) is 19.9. The molecule has 0 N–H and O–H groups in total. The van der Waals surface area contributed by atoms with Crippen LogP contribution in [0, 0.1) is 0 Å². The van der Waals surface area contributed by atoms with E-state index in [4.69, 9.17) is 14.4 Å². The van der Waals surface area contributed by atoms with Crippen LogP contribution in [0.3, 0.4) is 0 Å². The Balaban J connectivity index is 1.07. The Kier molecular flexibility index (Phi) is 7.87. The van der Waals surface area contributed by atoms with E-state index in [9.17, 15) is 0 Å². The van der Waals surface area contributed by atoms with Crippen LogP contribution in [0.5, 0.6) is 0 Å². The lowest BCUT2D eigenvalue weighted by atomic mass is 9.67. The van der Waals surface area contributed by atoms with Crippen LogP contribution in [0.25, 0.3) is 132 Å². The smallest absolute Gasteiger partial charge is 0.236 e. The maximum Gasteiger partial charge on any atom is 0.236 e. The van der Waals surface area contributed by atoms with E-state index in [-0.39, 0.29) is 0 Å². The zero-order valence-corrected chi connectivity index (χ0v) is 39.8. The van der Waals surface area contributed by atoms with Gasteiger partial charge >= 0.3 is 0 Å². The summed E-state index contributed by atoms with van der Waals surface area (Å²) in [5.41, 5.74) is 13.7. The Hall–Kier alpha value is -9.84. The lowest BCUT2D eigenvalue weighted by Crippen LogP contribution is -2.29. The summed E-state index contributed by atoms with van der Waals surface area (Å²) in [4.78, 5) is 11.7. The molecular weight excluding hydrogens is 901 g/mol. The van der Waals surface area contributed by atoms with Crippen molar-refractivity contribution in [2.75, 3.05) is 0 Å². The van der Waals surface area contributed by atoms with E-state index in [1.54, 1.807) is 0 Å². The Morgan fingerprint density at radius 2 is 0.946 bits per heavy atom. The molecular formula is C69H40N4O. The number of fused-ring (bicyclic) bond motifs is 15. The summed E-state index contributed by atoms with van der Waals surface area (Å²) in [6.45, 7) is 0. The van der Waals surface area contributed by atoms with Gasteiger partial charge in [-0.25, -0.2) is 9.97 Å². The number of furan rings is 1. The summed E-state index contributed by atoms with van der Waals surface area (Å²) in [6.07, 6.45) is 0. The van der Waals surface area contributed by atoms with Crippen molar-refractivity contribution in [2.45, 2.75) is 5.41 Å². The van der Waals surface area contributed by atoms with E-state index in [2.05, 4.69) is 252 Å². The number of benzene rings is 12. The highest BCUT2D eigenvalue weighted by atomic mass is 16.3. The number of nitrogens with zero attached hydrogens (tertiary/aromatic N) is 4. The van der Waals surface area contributed by atoms with Gasteiger partial charge in [-0.15, -0.1) is 0 Å². The molecule has 17 rings (SSSR count). The summed E-state index contributed by atoms with van der Waals surface area (Å²) in [5, 5.41) is 15.0. The molecule has 0 radical (unpaired) electrons. The van der Waals surface area contributed by atoms with Crippen LogP contribution < -0.4 is 0 Å². The third-order valence-electron chi connectivity index (χ3n) is 16.3. The first-order valence-electron chi connectivity index (χ1n) is 25.4. The van der Waals surface area contributed by atoms with Gasteiger partial charge in [0.05, 0.1) is 32.9 Å². The van der Waals surface area contributed by atoms with Gasteiger partial charge in [-0.1, -0.05) is 200 Å². The Morgan fingerprint density at radius 3 is 1.68 bits per heavy atom. The first-order chi connectivity index (χ1) is 36.7. The lowest BCUT2D eigenvalue weighted by molar-refractivity contribution is 0.670. The van der Waals surface area contributed by atoms with Gasteiger partial charge in [0, 0.05) is 43.7 Å². The van der Waals surface area contributed by atoms with Crippen molar-refractivity contribution in [3.63, 3.8) is 0 Å². The fourth-order valence-corrected chi connectivity index (χ4v) is 13.4. The van der Waals surface area contributed by atoms with Gasteiger partial charge in [-0.3, -0.25) is 4.57 Å². The number of para-hydroxylation sites is 3. The summed E-state index contributed by atoms with van der Waals surface area (Å²) in [6, 6.07) is 88.4. The molecule has 0 amide bonds. The van der Waals surface area contributed by atoms with Crippen molar-refractivity contribution in [2.24, 2.45) is 0 Å². The van der Waals surface area contributed by atoms with Crippen molar-refractivity contribution < 1.29 is 4.42 Å². The molecule has 0 atom stereocenters. The van der Waals surface area contributed by atoms with Gasteiger partial charge in [0.15, 0.2) is 5.58 Å². The van der Waals surface area contributed by atoms with E-state index in [0.29, 0.717) is 11.5 Å². The van der Waals surface area contributed by atoms with Gasteiger partial charge in [-0.2, -0.15) is 0 Å². The Bertz CT molecular complexity index is 5030. The first-order valence-corrected chi connectivity index (χ1v) is 25.4. The van der Waals surface area contributed by atoms with E-state index in [1.165, 1.54) is 49.2 Å². The molecule has 0 spiro atoms. The van der Waals surface area contributed by atoms with Crippen LogP contribution in [0.4, 0.5) is 0 Å². The van der Waals surface area contributed by atoms with Crippen molar-refractivity contribution >= 4 is 109 Å². The quantitative estimate of drug-likeness (QED) is 0.162. The standard InChI is InChI=1S/C69H40N4O/c1-4-20-44(21-5-1)69(45-22-6-2-7-23-45)55-32-18-19-41-35-36-42-39-54-50-29-15-17-34-57(50)73(65(54)62(69)60(42)59(41)55)68-70-63(43-37-38-58-53(40-43)49-28-14-16-33-56(49)72(58)46-24-8-3-9-25-46)67-64(71-68)61-51-30-12-10-26-47(51)48-27-11-13-31-52(48)66(61)74-67/h1-40H. The molecule has 12 aromatic carbocycles. The molecule has 4 heterocycles. The third-order valence-corrected chi connectivity index (χ3v) is 16.3. The normalized spacial score (nSPS) is 13.2. The Labute approximate surface area is 423 Å². The topological polar surface area (TPSA) is 48.8 Å². The molecule has 0 aliphatic heterocycles. The van der Waals surface area contributed by atoms with E-state index >= 15 is 0 Å². The highest BCUT2D eigenvalue weighted by molar-refractivity contribution is 6.31. The molecule has 0 bridgehead atoms. The summed E-state index contributed by atoms with van der Waals surface area (Å²) in [7, 11) is 0. The summed E-state index contributed by atoms with van der Waals surface area (Å²) in [5.74, 6) is 0.583. The molecule has 0 saturated carbocycles. The SMILES string of the molecule is c1ccc(-n2c3ccccc3c3cc(-c4nc(-n5c6ccccc6c6cc7ccc8cccc9c8c7c(c65)C9(c5ccccc5)c5ccccc5)nc5c4oc4c6ccccc6c6ccccc6c54)ccc32)cc1. The molecule has 342 valence electrons.